The topological polar surface area (TPSA) is 30.5 Å². The van der Waals surface area contributed by atoms with E-state index in [2.05, 4.69) is 26.0 Å². The van der Waals surface area contributed by atoms with Gasteiger partial charge < -0.3 is 14.8 Å². The van der Waals surface area contributed by atoms with E-state index >= 15 is 0 Å². The minimum absolute atomic E-state index is 0.182. The van der Waals surface area contributed by atoms with Crippen LogP contribution in [-0.4, -0.2) is 26.1 Å². The molecule has 1 N–H and O–H groups in total. The molecular weight excluding hydrogens is 339 g/mol. The average Bonchev–Trinajstić information content (AvgIpc) is 3.14. The molecule has 7 heteroatoms. The Labute approximate surface area is 123 Å². The summed E-state index contributed by atoms with van der Waals surface area (Å²) in [6, 6.07) is 4.61. The van der Waals surface area contributed by atoms with Crippen LogP contribution in [0, 0.1) is 5.92 Å². The molecule has 3 nitrogen and oxygen atoms in total. The van der Waals surface area contributed by atoms with E-state index in [0.717, 1.165) is 18.5 Å². The zero-order valence-electron chi connectivity index (χ0n) is 10.8. The molecule has 0 aromatic heterocycles. The van der Waals surface area contributed by atoms with Crippen molar-refractivity contribution in [2.24, 2.45) is 5.92 Å². The van der Waals surface area contributed by atoms with E-state index < -0.39 is 6.36 Å². The van der Waals surface area contributed by atoms with E-state index in [1.807, 2.05) is 0 Å². The highest BCUT2D eigenvalue weighted by Gasteiger charge is 2.33. The molecule has 0 heterocycles. The Balaban J connectivity index is 2.04. The van der Waals surface area contributed by atoms with E-state index in [0.29, 0.717) is 12.5 Å². The Morgan fingerprint density at radius 2 is 2.10 bits per heavy atom. The SMILES string of the molecule is COCC(Nc1ccc(OC(F)(F)F)c(Br)c1)C1CC1. The van der Waals surface area contributed by atoms with E-state index in [4.69, 9.17) is 4.74 Å². The van der Waals surface area contributed by atoms with Crippen LogP contribution in [0.15, 0.2) is 22.7 Å². The molecular formula is C13H15BrF3NO2. The molecule has 112 valence electrons. The maximum absolute atomic E-state index is 12.2. The van der Waals surface area contributed by atoms with Crippen LogP contribution in [0.4, 0.5) is 18.9 Å². The van der Waals surface area contributed by atoms with Crippen LogP contribution >= 0.6 is 15.9 Å². The van der Waals surface area contributed by atoms with Crippen LogP contribution in [-0.2, 0) is 4.74 Å². The van der Waals surface area contributed by atoms with E-state index in [9.17, 15) is 13.2 Å². The van der Waals surface area contributed by atoms with Crippen LogP contribution in [0.5, 0.6) is 5.75 Å². The molecule has 0 radical (unpaired) electrons. The van der Waals surface area contributed by atoms with Gasteiger partial charge in [0.2, 0.25) is 0 Å². The molecule has 1 atom stereocenters. The van der Waals surface area contributed by atoms with Crippen LogP contribution < -0.4 is 10.1 Å². The highest BCUT2D eigenvalue weighted by atomic mass is 79.9. The molecule has 1 saturated carbocycles. The van der Waals surface area contributed by atoms with Crippen molar-refractivity contribution in [2.75, 3.05) is 19.0 Å². The Morgan fingerprint density at radius 1 is 1.40 bits per heavy atom. The van der Waals surface area contributed by atoms with Crippen LogP contribution in [0.2, 0.25) is 0 Å². The van der Waals surface area contributed by atoms with Gasteiger partial charge in [-0.3, -0.25) is 0 Å². The molecule has 0 amide bonds. The van der Waals surface area contributed by atoms with Crippen molar-refractivity contribution in [2.45, 2.75) is 25.2 Å². The normalized spacial score (nSPS) is 16.9. The summed E-state index contributed by atoms with van der Waals surface area (Å²) >= 11 is 3.09. The first kappa shape index (κ1) is 15.4. The number of benzene rings is 1. The fourth-order valence-electron chi connectivity index (χ4n) is 1.99. The molecule has 1 aliphatic rings. The number of rotatable bonds is 6. The van der Waals surface area contributed by atoms with Crippen LogP contribution in [0.3, 0.4) is 0 Å². The lowest BCUT2D eigenvalue weighted by Crippen LogP contribution is -2.27. The summed E-state index contributed by atoms with van der Waals surface area (Å²) in [5.41, 5.74) is 0.736. The molecule has 0 bridgehead atoms. The molecule has 1 aromatic carbocycles. The number of hydrogen-bond donors (Lipinski definition) is 1. The van der Waals surface area contributed by atoms with E-state index in [-0.39, 0.29) is 16.3 Å². The summed E-state index contributed by atoms with van der Waals surface area (Å²) in [6.07, 6.45) is -2.39. The van der Waals surface area contributed by atoms with Crippen LogP contribution in [0.25, 0.3) is 0 Å². The third-order valence-electron chi connectivity index (χ3n) is 3.05. The molecule has 0 saturated heterocycles. The molecule has 20 heavy (non-hydrogen) atoms. The largest absolute Gasteiger partial charge is 0.573 e. The first-order valence-electron chi connectivity index (χ1n) is 6.20. The Morgan fingerprint density at radius 3 is 2.60 bits per heavy atom. The third-order valence-corrected chi connectivity index (χ3v) is 3.67. The number of hydrogen-bond acceptors (Lipinski definition) is 3. The molecule has 1 aromatic rings. The standard InChI is InChI=1S/C13H15BrF3NO2/c1-19-7-11(8-2-3-8)18-9-4-5-12(10(14)6-9)20-13(15,16)17/h4-6,8,11,18H,2-3,7H2,1H3. The number of halogens is 4. The lowest BCUT2D eigenvalue weighted by atomic mass is 10.2. The highest BCUT2D eigenvalue weighted by Crippen LogP contribution is 2.36. The van der Waals surface area contributed by atoms with Gasteiger partial charge in [-0.25, -0.2) is 0 Å². The molecule has 0 aliphatic heterocycles. The zero-order chi connectivity index (χ0) is 14.8. The van der Waals surface area contributed by atoms with Crippen molar-refractivity contribution in [1.29, 1.82) is 0 Å². The van der Waals surface area contributed by atoms with Gasteiger partial charge in [0.05, 0.1) is 17.1 Å². The van der Waals surface area contributed by atoms with Crippen molar-refractivity contribution < 1.29 is 22.6 Å². The lowest BCUT2D eigenvalue weighted by Gasteiger charge is -2.19. The van der Waals surface area contributed by atoms with E-state index in [1.54, 1.807) is 19.2 Å². The fourth-order valence-corrected chi connectivity index (χ4v) is 2.45. The Kier molecular flexibility index (Phi) is 4.80. The molecule has 1 unspecified atom stereocenters. The third kappa shape index (κ3) is 4.56. The predicted octanol–water partition coefficient (Wildman–Crippen LogP) is 4.18. The second-order valence-corrected chi connectivity index (χ2v) is 5.59. The van der Waals surface area contributed by atoms with Gasteiger partial charge in [0, 0.05) is 12.8 Å². The van der Waals surface area contributed by atoms with Gasteiger partial charge in [-0.2, -0.15) is 0 Å². The number of anilines is 1. The molecule has 1 fully saturated rings. The average molecular weight is 354 g/mol. The van der Waals surface area contributed by atoms with Gasteiger partial charge in [0.15, 0.2) is 0 Å². The highest BCUT2D eigenvalue weighted by molar-refractivity contribution is 9.10. The van der Waals surface area contributed by atoms with Crippen molar-refractivity contribution in [1.82, 2.24) is 0 Å². The predicted molar refractivity (Wildman–Crippen MR) is 72.8 cm³/mol. The van der Waals surface area contributed by atoms with Gasteiger partial charge in [0.25, 0.3) is 0 Å². The smallest absolute Gasteiger partial charge is 0.405 e. The van der Waals surface area contributed by atoms with Crippen molar-refractivity contribution >= 4 is 21.6 Å². The van der Waals surface area contributed by atoms with Crippen molar-refractivity contribution in [3.63, 3.8) is 0 Å². The summed E-state index contributed by atoms with van der Waals surface area (Å²) in [5, 5.41) is 3.28. The van der Waals surface area contributed by atoms with Crippen LogP contribution in [0.1, 0.15) is 12.8 Å². The monoisotopic (exact) mass is 353 g/mol. The summed E-state index contributed by atoms with van der Waals surface area (Å²) in [4.78, 5) is 0. The fraction of sp³-hybridized carbons (Fsp3) is 0.538. The van der Waals surface area contributed by atoms with Gasteiger partial charge >= 0.3 is 6.36 Å². The second-order valence-electron chi connectivity index (χ2n) is 4.74. The zero-order valence-corrected chi connectivity index (χ0v) is 12.4. The van der Waals surface area contributed by atoms with Crippen molar-refractivity contribution in [3.8, 4) is 5.75 Å². The number of nitrogens with one attached hydrogen (secondary N) is 1. The Hall–Kier alpha value is -0.950. The first-order valence-corrected chi connectivity index (χ1v) is 6.99. The second kappa shape index (κ2) is 6.22. The maximum Gasteiger partial charge on any atom is 0.573 e. The number of methoxy groups -OCH3 is 1. The lowest BCUT2D eigenvalue weighted by molar-refractivity contribution is -0.274. The summed E-state index contributed by atoms with van der Waals surface area (Å²) in [6.45, 7) is 0.573. The maximum atomic E-state index is 12.2. The summed E-state index contributed by atoms with van der Waals surface area (Å²) in [5.74, 6) is 0.317. The number of ether oxygens (including phenoxy) is 2. The minimum Gasteiger partial charge on any atom is -0.405 e. The summed E-state index contributed by atoms with van der Waals surface area (Å²) < 4.78 is 45.8. The van der Waals surface area contributed by atoms with Gasteiger partial charge in [-0.05, 0) is 52.9 Å². The quantitative estimate of drug-likeness (QED) is 0.831. The van der Waals surface area contributed by atoms with Crippen molar-refractivity contribution in [3.05, 3.63) is 22.7 Å². The number of alkyl halides is 3. The first-order chi connectivity index (χ1) is 9.39. The van der Waals surface area contributed by atoms with Gasteiger partial charge in [-0.15, -0.1) is 13.2 Å². The molecule has 2 rings (SSSR count). The van der Waals surface area contributed by atoms with Gasteiger partial charge in [-0.1, -0.05) is 0 Å². The minimum atomic E-state index is -4.69. The van der Waals surface area contributed by atoms with Gasteiger partial charge in [0.1, 0.15) is 5.75 Å². The molecule has 0 spiro atoms. The Bertz CT molecular complexity index is 463. The molecule has 1 aliphatic carbocycles. The van der Waals surface area contributed by atoms with E-state index in [1.165, 1.54) is 6.07 Å². The summed E-state index contributed by atoms with van der Waals surface area (Å²) in [7, 11) is 1.63.